The molecule has 3 aromatic rings. The number of halogens is 1. The third kappa shape index (κ3) is 5.36. The van der Waals surface area contributed by atoms with Crippen LogP contribution in [0.3, 0.4) is 0 Å². The van der Waals surface area contributed by atoms with Gasteiger partial charge in [0.25, 0.3) is 0 Å². The number of benzene rings is 2. The lowest BCUT2D eigenvalue weighted by molar-refractivity contribution is -0.118. The second-order valence-electron chi connectivity index (χ2n) is 6.45. The van der Waals surface area contributed by atoms with E-state index in [1.807, 2.05) is 37.3 Å². The zero-order valence-corrected chi connectivity index (χ0v) is 16.8. The van der Waals surface area contributed by atoms with Crippen LogP contribution in [-0.2, 0) is 11.2 Å². The summed E-state index contributed by atoms with van der Waals surface area (Å²) in [7, 11) is 0. The highest BCUT2D eigenvalue weighted by atomic mass is 35.5. The minimum Gasteiger partial charge on any atom is -0.492 e. The average Bonchev–Trinajstić information content (AvgIpc) is 2.67. The first-order valence-electron chi connectivity index (χ1n) is 9.29. The molecule has 0 fully saturated rings. The van der Waals surface area contributed by atoms with Crippen molar-refractivity contribution in [2.75, 3.05) is 13.2 Å². The Balaban J connectivity index is 1.70. The molecule has 2 aromatic carbocycles. The molecule has 0 aliphatic carbocycles. The number of nitrogens with one attached hydrogen (secondary N) is 1. The van der Waals surface area contributed by atoms with E-state index in [4.69, 9.17) is 21.1 Å². The number of rotatable bonds is 8. The molecule has 0 aliphatic rings. The Kier molecular flexibility index (Phi) is 6.71. The van der Waals surface area contributed by atoms with Crippen LogP contribution in [0.1, 0.15) is 25.8 Å². The van der Waals surface area contributed by atoms with E-state index >= 15 is 0 Å². The minimum atomic E-state index is -0.0192. The van der Waals surface area contributed by atoms with Crippen molar-refractivity contribution in [2.45, 2.75) is 26.7 Å². The molecular formula is C22H23ClN2O3. The average molecular weight is 399 g/mol. The summed E-state index contributed by atoms with van der Waals surface area (Å²) < 4.78 is 11.4. The molecule has 0 bridgehead atoms. The maximum absolute atomic E-state index is 11.0. The summed E-state index contributed by atoms with van der Waals surface area (Å²) in [5.41, 5.74) is 1.99. The van der Waals surface area contributed by atoms with Crippen LogP contribution in [0.5, 0.6) is 17.4 Å². The predicted molar refractivity (Wildman–Crippen MR) is 111 cm³/mol. The van der Waals surface area contributed by atoms with Crippen molar-refractivity contribution in [3.63, 3.8) is 0 Å². The number of pyridine rings is 1. The van der Waals surface area contributed by atoms with E-state index < -0.39 is 0 Å². The number of hydrogen-bond acceptors (Lipinski definition) is 4. The first-order chi connectivity index (χ1) is 13.5. The molecule has 0 atom stereocenters. The standard InChI is InChI=1S/C22H23ClN2O3/c1-3-12-27-21-8-6-18(14-19(21)23)28-22-9-5-17-13-16(4-7-20(17)25-22)10-11-24-15(2)26/h4-9,13-14H,3,10-12H2,1-2H3,(H,24,26). The van der Waals surface area contributed by atoms with Crippen LogP contribution in [-0.4, -0.2) is 24.0 Å². The molecule has 28 heavy (non-hydrogen) atoms. The van der Waals surface area contributed by atoms with E-state index in [1.54, 1.807) is 12.1 Å². The van der Waals surface area contributed by atoms with Gasteiger partial charge in [-0.05, 0) is 48.7 Å². The van der Waals surface area contributed by atoms with Crippen LogP contribution in [0, 0.1) is 0 Å². The summed E-state index contributed by atoms with van der Waals surface area (Å²) in [6.45, 7) is 4.81. The lowest BCUT2D eigenvalue weighted by Gasteiger charge is -2.10. The zero-order chi connectivity index (χ0) is 19.9. The Morgan fingerprint density at radius 3 is 2.75 bits per heavy atom. The molecule has 5 nitrogen and oxygen atoms in total. The van der Waals surface area contributed by atoms with Gasteiger partial charge in [-0.15, -0.1) is 0 Å². The fourth-order valence-corrected chi connectivity index (χ4v) is 2.97. The maximum atomic E-state index is 11.0. The fourth-order valence-electron chi connectivity index (χ4n) is 2.75. The summed E-state index contributed by atoms with van der Waals surface area (Å²) in [6.07, 6.45) is 1.70. The third-order valence-corrected chi connectivity index (χ3v) is 4.40. The lowest BCUT2D eigenvalue weighted by Crippen LogP contribution is -2.22. The summed E-state index contributed by atoms with van der Waals surface area (Å²) in [5, 5.41) is 4.34. The zero-order valence-electron chi connectivity index (χ0n) is 16.0. The Labute approximate surface area is 169 Å². The monoisotopic (exact) mass is 398 g/mol. The minimum absolute atomic E-state index is 0.0192. The second kappa shape index (κ2) is 9.42. The van der Waals surface area contributed by atoms with Crippen molar-refractivity contribution in [2.24, 2.45) is 0 Å². The van der Waals surface area contributed by atoms with Gasteiger partial charge in [-0.1, -0.05) is 24.6 Å². The van der Waals surface area contributed by atoms with Gasteiger partial charge >= 0.3 is 0 Å². The van der Waals surface area contributed by atoms with E-state index in [-0.39, 0.29) is 5.91 Å². The van der Waals surface area contributed by atoms with Gasteiger partial charge in [0.15, 0.2) is 0 Å². The van der Waals surface area contributed by atoms with Crippen LogP contribution < -0.4 is 14.8 Å². The van der Waals surface area contributed by atoms with Gasteiger partial charge in [-0.2, -0.15) is 0 Å². The number of nitrogens with zero attached hydrogens (tertiary/aromatic N) is 1. The smallest absolute Gasteiger partial charge is 0.219 e. The van der Waals surface area contributed by atoms with Crippen LogP contribution in [0.25, 0.3) is 10.9 Å². The number of amides is 1. The van der Waals surface area contributed by atoms with Gasteiger partial charge in [0.05, 0.1) is 17.1 Å². The lowest BCUT2D eigenvalue weighted by atomic mass is 10.1. The van der Waals surface area contributed by atoms with Crippen LogP contribution in [0.4, 0.5) is 0 Å². The van der Waals surface area contributed by atoms with Crippen molar-refractivity contribution in [1.82, 2.24) is 10.3 Å². The molecule has 1 amide bonds. The fraction of sp³-hybridized carbons (Fsp3) is 0.273. The molecule has 1 N–H and O–H groups in total. The highest BCUT2D eigenvalue weighted by Gasteiger charge is 2.07. The molecule has 0 aliphatic heterocycles. The largest absolute Gasteiger partial charge is 0.492 e. The van der Waals surface area contributed by atoms with Gasteiger partial charge in [0.1, 0.15) is 11.5 Å². The molecule has 0 saturated carbocycles. The Morgan fingerprint density at radius 1 is 1.14 bits per heavy atom. The number of carbonyl (C=O) groups excluding carboxylic acids is 1. The quantitative estimate of drug-likeness (QED) is 0.570. The number of hydrogen-bond donors (Lipinski definition) is 1. The van der Waals surface area contributed by atoms with E-state index in [0.717, 1.165) is 29.3 Å². The molecule has 0 saturated heterocycles. The van der Waals surface area contributed by atoms with E-state index in [9.17, 15) is 4.79 Å². The molecule has 146 valence electrons. The van der Waals surface area contributed by atoms with Gasteiger partial charge in [-0.3, -0.25) is 4.79 Å². The molecule has 1 heterocycles. The maximum Gasteiger partial charge on any atom is 0.219 e. The van der Waals surface area contributed by atoms with Crippen LogP contribution in [0.15, 0.2) is 48.5 Å². The third-order valence-electron chi connectivity index (χ3n) is 4.10. The summed E-state index contributed by atoms with van der Waals surface area (Å²) in [5.74, 6) is 1.73. The summed E-state index contributed by atoms with van der Waals surface area (Å²) in [6, 6.07) is 15.2. The first kappa shape index (κ1) is 20.0. The van der Waals surface area contributed by atoms with E-state index in [0.29, 0.717) is 35.6 Å². The molecule has 3 rings (SSSR count). The molecular weight excluding hydrogens is 376 g/mol. The van der Waals surface area contributed by atoms with Crippen molar-refractivity contribution >= 4 is 28.4 Å². The Morgan fingerprint density at radius 2 is 2.00 bits per heavy atom. The van der Waals surface area contributed by atoms with Gasteiger partial charge in [-0.25, -0.2) is 4.98 Å². The molecule has 0 unspecified atom stereocenters. The Bertz CT molecular complexity index is 975. The van der Waals surface area contributed by atoms with E-state index in [2.05, 4.69) is 16.4 Å². The first-order valence-corrected chi connectivity index (χ1v) is 9.67. The van der Waals surface area contributed by atoms with Crippen molar-refractivity contribution in [3.8, 4) is 17.4 Å². The molecule has 0 spiro atoms. The van der Waals surface area contributed by atoms with Crippen molar-refractivity contribution in [1.29, 1.82) is 0 Å². The SMILES string of the molecule is CCCOc1ccc(Oc2ccc3cc(CCNC(C)=O)ccc3n2)cc1Cl. The topological polar surface area (TPSA) is 60.5 Å². The number of fused-ring (bicyclic) bond motifs is 1. The summed E-state index contributed by atoms with van der Waals surface area (Å²) >= 11 is 6.25. The number of carbonyl (C=O) groups is 1. The van der Waals surface area contributed by atoms with Crippen LogP contribution >= 0.6 is 11.6 Å². The Hall–Kier alpha value is -2.79. The van der Waals surface area contributed by atoms with Crippen molar-refractivity contribution in [3.05, 3.63) is 59.1 Å². The van der Waals surface area contributed by atoms with Crippen molar-refractivity contribution < 1.29 is 14.3 Å². The van der Waals surface area contributed by atoms with Gasteiger partial charge in [0, 0.05) is 31.0 Å². The summed E-state index contributed by atoms with van der Waals surface area (Å²) in [4.78, 5) is 15.5. The normalized spacial score (nSPS) is 10.7. The molecule has 1 aromatic heterocycles. The number of aromatic nitrogens is 1. The van der Waals surface area contributed by atoms with E-state index in [1.165, 1.54) is 6.92 Å². The molecule has 0 radical (unpaired) electrons. The van der Waals surface area contributed by atoms with Gasteiger partial charge in [0.2, 0.25) is 11.8 Å². The highest BCUT2D eigenvalue weighted by molar-refractivity contribution is 6.32. The second-order valence-corrected chi connectivity index (χ2v) is 6.86. The van der Waals surface area contributed by atoms with Crippen LogP contribution in [0.2, 0.25) is 5.02 Å². The number of ether oxygens (including phenoxy) is 2. The van der Waals surface area contributed by atoms with Gasteiger partial charge < -0.3 is 14.8 Å². The highest BCUT2D eigenvalue weighted by Crippen LogP contribution is 2.31. The molecule has 6 heteroatoms. The predicted octanol–water partition coefficient (Wildman–Crippen LogP) is 5.15.